The van der Waals surface area contributed by atoms with Gasteiger partial charge in [-0.3, -0.25) is 4.99 Å². The number of fused-ring (bicyclic) bond motifs is 5. The fraction of sp³-hybridized carbons (Fsp3) is 0.667. The average molecular weight is 487 g/mol. The van der Waals surface area contributed by atoms with Crippen LogP contribution in [0.1, 0.15) is 39.2 Å². The third kappa shape index (κ3) is 4.11. The van der Waals surface area contributed by atoms with Crippen LogP contribution in [-0.2, 0) is 10.2 Å². The van der Waals surface area contributed by atoms with Gasteiger partial charge in [-0.15, -0.1) is 24.0 Å². The molecule has 4 atom stereocenters. The molecule has 4 nitrogen and oxygen atoms in total. The summed E-state index contributed by atoms with van der Waals surface area (Å²) in [5, 5.41) is 3.46. The molecule has 0 saturated carbocycles. The summed E-state index contributed by atoms with van der Waals surface area (Å²) in [5.41, 5.74) is 0.780. The van der Waals surface area contributed by atoms with E-state index in [0.29, 0.717) is 30.6 Å². The van der Waals surface area contributed by atoms with Crippen LogP contribution in [0, 0.1) is 17.7 Å². The molecule has 3 saturated heterocycles. The topological polar surface area (TPSA) is 36.9 Å². The lowest BCUT2D eigenvalue weighted by atomic mass is 9.82. The lowest BCUT2D eigenvalue weighted by Gasteiger charge is -2.27. The molecule has 4 unspecified atom stereocenters. The highest BCUT2D eigenvalue weighted by Gasteiger charge is 2.53. The standard InChI is InChI=1S/C21H30FN3O.HI/c1-4-23-20(24-13-21(2,3)14-6-5-7-15(22)10-14)25-11-16-17(12-25)19-9-8-18(16)26-19;/h5-7,10,16-19H,4,8-9,11-13H2,1-3H3,(H,23,24);1H. The third-order valence-electron chi connectivity index (χ3n) is 6.32. The number of ether oxygens (including phenoxy) is 1. The summed E-state index contributed by atoms with van der Waals surface area (Å²) < 4.78 is 19.7. The van der Waals surface area contributed by atoms with Crippen LogP contribution in [0.5, 0.6) is 0 Å². The monoisotopic (exact) mass is 487 g/mol. The van der Waals surface area contributed by atoms with Crippen molar-refractivity contribution in [3.05, 3.63) is 35.6 Å². The maximum absolute atomic E-state index is 13.6. The number of guanidine groups is 1. The van der Waals surface area contributed by atoms with E-state index < -0.39 is 0 Å². The van der Waals surface area contributed by atoms with E-state index in [2.05, 4.69) is 31.0 Å². The Labute approximate surface area is 179 Å². The van der Waals surface area contributed by atoms with E-state index in [1.165, 1.54) is 18.9 Å². The molecule has 150 valence electrons. The molecule has 1 aromatic carbocycles. The van der Waals surface area contributed by atoms with Gasteiger partial charge in [-0.25, -0.2) is 4.39 Å². The second-order valence-electron chi connectivity index (χ2n) is 8.59. The molecule has 3 heterocycles. The summed E-state index contributed by atoms with van der Waals surface area (Å²) in [5.74, 6) is 2.13. The van der Waals surface area contributed by atoms with E-state index in [1.54, 1.807) is 12.1 Å². The molecule has 1 N–H and O–H groups in total. The van der Waals surface area contributed by atoms with Crippen molar-refractivity contribution in [3.63, 3.8) is 0 Å². The number of hydrogen-bond donors (Lipinski definition) is 1. The molecule has 4 rings (SSSR count). The second-order valence-corrected chi connectivity index (χ2v) is 8.59. The highest BCUT2D eigenvalue weighted by Crippen LogP contribution is 2.47. The zero-order chi connectivity index (χ0) is 18.3. The minimum Gasteiger partial charge on any atom is -0.374 e. The number of aliphatic imine (C=N–C) groups is 1. The average Bonchev–Trinajstić information content (AvgIpc) is 3.31. The van der Waals surface area contributed by atoms with Gasteiger partial charge in [-0.05, 0) is 37.5 Å². The molecule has 3 aliphatic rings. The first kappa shape index (κ1) is 20.8. The van der Waals surface area contributed by atoms with Crippen LogP contribution in [0.2, 0.25) is 0 Å². The SMILES string of the molecule is CCNC(=NCC(C)(C)c1cccc(F)c1)N1CC2C3CCC(O3)C2C1.I. The molecule has 0 radical (unpaired) electrons. The predicted octanol–water partition coefficient (Wildman–Crippen LogP) is 3.80. The maximum Gasteiger partial charge on any atom is 0.193 e. The van der Waals surface area contributed by atoms with E-state index >= 15 is 0 Å². The van der Waals surface area contributed by atoms with Gasteiger partial charge in [0.05, 0.1) is 18.8 Å². The highest BCUT2D eigenvalue weighted by molar-refractivity contribution is 14.0. The summed E-state index contributed by atoms with van der Waals surface area (Å²) in [7, 11) is 0. The normalized spacial score (nSPS) is 29.6. The van der Waals surface area contributed by atoms with Crippen LogP contribution < -0.4 is 5.32 Å². The first-order valence-electron chi connectivity index (χ1n) is 9.92. The Morgan fingerprint density at radius 3 is 2.52 bits per heavy atom. The Morgan fingerprint density at radius 1 is 1.26 bits per heavy atom. The smallest absolute Gasteiger partial charge is 0.193 e. The van der Waals surface area contributed by atoms with Gasteiger partial charge in [0.2, 0.25) is 0 Å². The van der Waals surface area contributed by atoms with Crippen molar-refractivity contribution in [3.8, 4) is 0 Å². The Kier molecular flexibility index (Phi) is 6.35. The van der Waals surface area contributed by atoms with Crippen molar-refractivity contribution in [2.75, 3.05) is 26.2 Å². The van der Waals surface area contributed by atoms with Crippen molar-refractivity contribution >= 4 is 29.9 Å². The number of hydrogen-bond acceptors (Lipinski definition) is 2. The highest BCUT2D eigenvalue weighted by atomic mass is 127. The van der Waals surface area contributed by atoms with E-state index in [9.17, 15) is 4.39 Å². The molecule has 1 aromatic rings. The Bertz CT molecular complexity index is 678. The van der Waals surface area contributed by atoms with Crippen LogP contribution in [-0.4, -0.2) is 49.2 Å². The van der Waals surface area contributed by atoms with E-state index in [0.717, 1.165) is 31.2 Å². The fourth-order valence-corrected chi connectivity index (χ4v) is 4.83. The van der Waals surface area contributed by atoms with Crippen LogP contribution in [0.25, 0.3) is 0 Å². The molecule has 3 aliphatic heterocycles. The van der Waals surface area contributed by atoms with Gasteiger partial charge >= 0.3 is 0 Å². The molecule has 0 aliphatic carbocycles. The van der Waals surface area contributed by atoms with Crippen molar-refractivity contribution in [2.45, 2.75) is 51.2 Å². The molecule has 0 amide bonds. The number of nitrogens with zero attached hydrogens (tertiary/aromatic N) is 2. The van der Waals surface area contributed by atoms with E-state index in [4.69, 9.17) is 9.73 Å². The number of benzene rings is 1. The van der Waals surface area contributed by atoms with Crippen LogP contribution >= 0.6 is 24.0 Å². The van der Waals surface area contributed by atoms with Gasteiger partial charge in [0.15, 0.2) is 5.96 Å². The Balaban J connectivity index is 0.00000210. The van der Waals surface area contributed by atoms with E-state index in [1.807, 2.05) is 6.07 Å². The Hall–Kier alpha value is -0.890. The first-order valence-corrected chi connectivity index (χ1v) is 9.92. The minimum absolute atomic E-state index is 0. The summed E-state index contributed by atoms with van der Waals surface area (Å²) in [6, 6.07) is 6.88. The third-order valence-corrected chi connectivity index (χ3v) is 6.32. The number of likely N-dealkylation sites (tertiary alicyclic amines) is 1. The van der Waals surface area contributed by atoms with Gasteiger partial charge in [-0.1, -0.05) is 26.0 Å². The molecule has 3 fully saturated rings. The van der Waals surface area contributed by atoms with Crippen molar-refractivity contribution in [1.29, 1.82) is 0 Å². The molecular weight excluding hydrogens is 456 g/mol. The quantitative estimate of drug-likeness (QED) is 0.399. The Morgan fingerprint density at radius 2 is 1.93 bits per heavy atom. The molecular formula is C21H31FIN3O. The summed E-state index contributed by atoms with van der Waals surface area (Å²) in [6.07, 6.45) is 3.36. The lowest BCUT2D eigenvalue weighted by Crippen LogP contribution is -2.42. The van der Waals surface area contributed by atoms with Crippen molar-refractivity contribution in [2.24, 2.45) is 16.8 Å². The summed E-state index contributed by atoms with van der Waals surface area (Å²) in [4.78, 5) is 7.35. The first-order chi connectivity index (χ1) is 12.5. The zero-order valence-electron chi connectivity index (χ0n) is 16.5. The maximum atomic E-state index is 13.6. The van der Waals surface area contributed by atoms with E-state index in [-0.39, 0.29) is 35.2 Å². The van der Waals surface area contributed by atoms with Gasteiger partial charge in [-0.2, -0.15) is 0 Å². The zero-order valence-corrected chi connectivity index (χ0v) is 18.8. The molecule has 0 spiro atoms. The van der Waals surface area contributed by atoms with Crippen LogP contribution in [0.4, 0.5) is 4.39 Å². The molecule has 2 bridgehead atoms. The van der Waals surface area contributed by atoms with Gasteiger partial charge < -0.3 is 15.0 Å². The second kappa shape index (κ2) is 8.23. The predicted molar refractivity (Wildman–Crippen MR) is 117 cm³/mol. The van der Waals surface area contributed by atoms with Crippen molar-refractivity contribution < 1.29 is 9.13 Å². The fourth-order valence-electron chi connectivity index (χ4n) is 4.83. The van der Waals surface area contributed by atoms with Gasteiger partial charge in [0.1, 0.15) is 5.82 Å². The largest absolute Gasteiger partial charge is 0.374 e. The van der Waals surface area contributed by atoms with Crippen LogP contribution in [0.15, 0.2) is 29.3 Å². The van der Waals surface area contributed by atoms with Gasteiger partial charge in [0.25, 0.3) is 0 Å². The summed E-state index contributed by atoms with van der Waals surface area (Å²) in [6.45, 7) is 9.93. The van der Waals surface area contributed by atoms with Crippen molar-refractivity contribution in [1.82, 2.24) is 10.2 Å². The lowest BCUT2D eigenvalue weighted by molar-refractivity contribution is 0.0767. The minimum atomic E-state index is -0.208. The summed E-state index contributed by atoms with van der Waals surface area (Å²) >= 11 is 0. The number of nitrogens with one attached hydrogen (secondary N) is 1. The number of halogens is 2. The van der Waals surface area contributed by atoms with Crippen LogP contribution in [0.3, 0.4) is 0 Å². The molecule has 0 aromatic heterocycles. The molecule has 27 heavy (non-hydrogen) atoms. The van der Waals surface area contributed by atoms with Gasteiger partial charge in [0, 0.05) is 36.9 Å². The number of rotatable bonds is 4. The molecule has 6 heteroatoms.